The summed E-state index contributed by atoms with van der Waals surface area (Å²) >= 11 is 0. The molecule has 3 aromatic carbocycles. The van der Waals surface area contributed by atoms with Gasteiger partial charge in [0, 0.05) is 39.6 Å². The number of phenols is 3. The number of carbonyl (C=O) groups is 1. The average molecular weight is 530 g/mol. The lowest BCUT2D eigenvalue weighted by atomic mass is 9.86. The van der Waals surface area contributed by atoms with Crippen LogP contribution in [0.1, 0.15) is 23.5 Å². The lowest BCUT2D eigenvalue weighted by molar-refractivity contribution is -0.140. The predicted molar refractivity (Wildman–Crippen MR) is 143 cm³/mol. The highest BCUT2D eigenvalue weighted by Gasteiger charge is 2.32. The number of aromatic hydroxyl groups is 3. The average Bonchev–Trinajstić information content (AvgIpc) is 2.94. The van der Waals surface area contributed by atoms with E-state index >= 15 is 0 Å². The summed E-state index contributed by atoms with van der Waals surface area (Å²) in [7, 11) is 2.65. The Morgan fingerprint density at radius 1 is 0.949 bits per heavy atom. The Bertz CT molecular complexity index is 1860. The topological polar surface area (TPSA) is 159 Å². The number of phenolic OH excluding ortho intramolecular Hbond substituents is 3. The Balaban J connectivity index is 1.88. The van der Waals surface area contributed by atoms with Gasteiger partial charge in [-0.3, -0.25) is 14.4 Å². The molecule has 198 valence electrons. The molecule has 39 heavy (non-hydrogen) atoms. The molecule has 10 nitrogen and oxygen atoms in total. The number of methoxy groups -OCH3 is 2. The van der Waals surface area contributed by atoms with Crippen molar-refractivity contribution in [1.82, 2.24) is 4.98 Å². The van der Waals surface area contributed by atoms with Gasteiger partial charge in [0.2, 0.25) is 5.75 Å². The maximum atomic E-state index is 13.3. The maximum Gasteiger partial charge on any atom is 0.306 e. The second-order valence-corrected chi connectivity index (χ2v) is 8.84. The molecule has 1 atom stereocenters. The molecule has 5 aromatic rings. The van der Waals surface area contributed by atoms with E-state index in [4.69, 9.17) is 13.9 Å². The molecule has 1 unspecified atom stereocenters. The number of benzene rings is 3. The van der Waals surface area contributed by atoms with Gasteiger partial charge < -0.3 is 34.2 Å². The van der Waals surface area contributed by atoms with Crippen LogP contribution in [0.15, 0.2) is 74.7 Å². The fourth-order valence-electron chi connectivity index (χ4n) is 4.65. The van der Waals surface area contributed by atoms with Crippen molar-refractivity contribution < 1.29 is 34.0 Å². The third-order valence-electron chi connectivity index (χ3n) is 6.59. The first kappa shape index (κ1) is 25.4. The molecule has 0 aliphatic carbocycles. The quantitative estimate of drug-likeness (QED) is 0.187. The van der Waals surface area contributed by atoms with Gasteiger partial charge in [-0.15, -0.1) is 0 Å². The van der Waals surface area contributed by atoms with Crippen LogP contribution in [0.4, 0.5) is 0 Å². The fraction of sp³-hybridized carbons (Fsp3) is 0.138. The highest BCUT2D eigenvalue weighted by atomic mass is 16.5. The number of fused-ring (bicyclic) bond motifs is 2. The summed E-state index contributed by atoms with van der Waals surface area (Å²) in [5.74, 6) is -4.13. The monoisotopic (exact) mass is 529 g/mol. The van der Waals surface area contributed by atoms with E-state index in [0.29, 0.717) is 22.2 Å². The third-order valence-corrected chi connectivity index (χ3v) is 6.59. The molecule has 0 aliphatic rings. The first-order chi connectivity index (χ1) is 18.7. The van der Waals surface area contributed by atoms with Crippen molar-refractivity contribution in [3.63, 3.8) is 0 Å². The van der Waals surface area contributed by atoms with Crippen LogP contribution in [0.5, 0.6) is 23.0 Å². The van der Waals surface area contributed by atoms with Gasteiger partial charge in [-0.1, -0.05) is 30.3 Å². The molecular weight excluding hydrogens is 506 g/mol. The fourth-order valence-corrected chi connectivity index (χ4v) is 4.65. The lowest BCUT2D eigenvalue weighted by Crippen LogP contribution is -2.21. The summed E-state index contributed by atoms with van der Waals surface area (Å²) in [6.07, 6.45) is -0.471. The maximum absolute atomic E-state index is 13.3. The largest absolute Gasteiger partial charge is 0.504 e. The first-order valence-corrected chi connectivity index (χ1v) is 11.8. The van der Waals surface area contributed by atoms with Gasteiger partial charge in [0.15, 0.2) is 16.9 Å². The van der Waals surface area contributed by atoms with Crippen molar-refractivity contribution in [3.05, 3.63) is 92.4 Å². The normalized spacial score (nSPS) is 11.9. The summed E-state index contributed by atoms with van der Waals surface area (Å²) in [4.78, 5) is 41.8. The van der Waals surface area contributed by atoms with Gasteiger partial charge in [0.25, 0.3) is 5.56 Å². The van der Waals surface area contributed by atoms with Crippen molar-refractivity contribution >= 4 is 27.8 Å². The van der Waals surface area contributed by atoms with Gasteiger partial charge in [-0.05, 0) is 24.3 Å². The predicted octanol–water partition coefficient (Wildman–Crippen LogP) is 4.12. The van der Waals surface area contributed by atoms with Crippen LogP contribution in [0.2, 0.25) is 0 Å². The van der Waals surface area contributed by atoms with Gasteiger partial charge in [0.05, 0.1) is 20.6 Å². The van der Waals surface area contributed by atoms with Crippen LogP contribution in [-0.4, -0.2) is 40.5 Å². The van der Waals surface area contributed by atoms with E-state index in [1.165, 1.54) is 13.2 Å². The number of ether oxygens (including phenoxy) is 2. The van der Waals surface area contributed by atoms with Crippen LogP contribution < -0.4 is 15.7 Å². The highest BCUT2D eigenvalue weighted by Crippen LogP contribution is 2.49. The molecule has 5 rings (SSSR count). The van der Waals surface area contributed by atoms with E-state index in [9.17, 15) is 29.7 Å². The number of nitrogens with one attached hydrogen (secondary N) is 1. The first-order valence-electron chi connectivity index (χ1n) is 11.8. The van der Waals surface area contributed by atoms with Gasteiger partial charge in [-0.2, -0.15) is 0 Å². The molecule has 2 aromatic heterocycles. The Hall–Kier alpha value is -5.25. The van der Waals surface area contributed by atoms with E-state index in [1.807, 2.05) is 0 Å². The minimum atomic E-state index is -1.26. The van der Waals surface area contributed by atoms with E-state index < -0.39 is 51.9 Å². The number of hydrogen-bond acceptors (Lipinski definition) is 9. The Morgan fingerprint density at radius 2 is 1.69 bits per heavy atom. The minimum absolute atomic E-state index is 0.00982. The molecule has 0 spiro atoms. The zero-order valence-corrected chi connectivity index (χ0v) is 20.8. The summed E-state index contributed by atoms with van der Waals surface area (Å²) in [6.45, 7) is 0. The van der Waals surface area contributed by atoms with E-state index in [0.717, 1.165) is 13.2 Å². The van der Waals surface area contributed by atoms with Gasteiger partial charge >= 0.3 is 5.97 Å². The van der Waals surface area contributed by atoms with Crippen LogP contribution in [-0.2, 0) is 9.53 Å². The number of aromatic nitrogens is 1. The number of carbonyl (C=O) groups excluding carboxylic acids is 1. The highest BCUT2D eigenvalue weighted by molar-refractivity contribution is 5.94. The second kappa shape index (κ2) is 9.90. The Labute approximate surface area is 220 Å². The van der Waals surface area contributed by atoms with Crippen LogP contribution in [0.25, 0.3) is 33.2 Å². The number of esters is 1. The van der Waals surface area contributed by atoms with Crippen LogP contribution in [0, 0.1) is 0 Å². The molecule has 0 bridgehead atoms. The number of H-pyrrole nitrogens is 1. The van der Waals surface area contributed by atoms with E-state index in [2.05, 4.69) is 4.98 Å². The molecule has 0 aliphatic heterocycles. The molecule has 10 heteroatoms. The molecule has 4 N–H and O–H groups in total. The molecule has 0 amide bonds. The molecule has 2 heterocycles. The smallest absolute Gasteiger partial charge is 0.306 e. The number of pyridine rings is 1. The van der Waals surface area contributed by atoms with Crippen LogP contribution in [0.3, 0.4) is 0 Å². The molecule has 0 radical (unpaired) electrons. The standard InChI is InChI=1S/C29H23NO9/c1-37-16-8-9-19-15(10-16)11-18(29(36)30-19)17(12-22(32)38-2)23-25(33)27(35)26(34)24-20(31)13-21(39-28(23)24)14-6-4-3-5-7-14/h3-11,13,17,33-35H,12H2,1-2H3,(H,30,36). The van der Waals surface area contributed by atoms with Gasteiger partial charge in [-0.25, -0.2) is 0 Å². The SMILES string of the molecule is COC(=O)CC(c1cc2cc(OC)ccc2[nH]c1=O)c1c(O)c(O)c(O)c2c(=O)cc(-c3ccccc3)oc12. The molecule has 0 fully saturated rings. The lowest BCUT2D eigenvalue weighted by Gasteiger charge is -2.21. The third kappa shape index (κ3) is 4.42. The number of aromatic amines is 1. The summed E-state index contributed by atoms with van der Waals surface area (Å²) in [5, 5.41) is 32.4. The van der Waals surface area contributed by atoms with Crippen LogP contribution >= 0.6 is 0 Å². The van der Waals surface area contributed by atoms with Crippen molar-refractivity contribution in [3.8, 4) is 34.3 Å². The summed E-state index contributed by atoms with van der Waals surface area (Å²) < 4.78 is 16.2. The zero-order valence-electron chi connectivity index (χ0n) is 20.8. The van der Waals surface area contributed by atoms with E-state index in [-0.39, 0.29) is 22.5 Å². The zero-order chi connectivity index (χ0) is 27.8. The Morgan fingerprint density at radius 3 is 2.38 bits per heavy atom. The minimum Gasteiger partial charge on any atom is -0.504 e. The second-order valence-electron chi connectivity index (χ2n) is 8.84. The van der Waals surface area contributed by atoms with Crippen molar-refractivity contribution in [2.75, 3.05) is 14.2 Å². The van der Waals surface area contributed by atoms with E-state index in [1.54, 1.807) is 48.5 Å². The number of rotatable bonds is 6. The van der Waals surface area contributed by atoms with Crippen molar-refractivity contribution in [2.24, 2.45) is 0 Å². The van der Waals surface area contributed by atoms with Crippen molar-refractivity contribution in [1.29, 1.82) is 0 Å². The van der Waals surface area contributed by atoms with Gasteiger partial charge in [0.1, 0.15) is 22.5 Å². The summed E-state index contributed by atoms with van der Waals surface area (Å²) in [6, 6.07) is 16.3. The summed E-state index contributed by atoms with van der Waals surface area (Å²) in [5.41, 5.74) is -0.824. The molecule has 0 saturated carbocycles. The Kier molecular flexibility index (Phi) is 6.45. The molecular formula is C29H23NO9. The number of hydrogen-bond donors (Lipinski definition) is 4. The van der Waals surface area contributed by atoms with Crippen molar-refractivity contribution in [2.45, 2.75) is 12.3 Å². The molecule has 0 saturated heterocycles.